The van der Waals surface area contributed by atoms with E-state index in [0.717, 1.165) is 17.7 Å². The quantitative estimate of drug-likeness (QED) is 0.578. The smallest absolute Gasteiger partial charge is 0.368 e. The lowest BCUT2D eigenvalue weighted by Crippen LogP contribution is -2.14. The Morgan fingerprint density at radius 1 is 1.10 bits per heavy atom. The van der Waals surface area contributed by atoms with Gasteiger partial charge >= 0.3 is 6.18 Å². The van der Waals surface area contributed by atoms with E-state index in [4.69, 9.17) is 17.3 Å². The molecule has 0 radical (unpaired) electrons. The number of nitrogens with zero attached hydrogens (tertiary/aromatic N) is 2. The van der Waals surface area contributed by atoms with Crippen molar-refractivity contribution in [3.05, 3.63) is 81.6 Å². The number of aromatic nitrogens is 2. The van der Waals surface area contributed by atoms with E-state index in [1.54, 1.807) is 18.2 Å². The molecule has 3 N–H and O–H groups in total. The minimum Gasteiger partial charge on any atom is -0.368 e. The Kier molecular flexibility index (Phi) is 5.94. The summed E-state index contributed by atoms with van der Waals surface area (Å²) in [5.74, 6) is 5.35. The molecular formula is C21H14ClF3N4O. The van der Waals surface area contributed by atoms with Gasteiger partial charge in [0.15, 0.2) is 0 Å². The lowest BCUT2D eigenvalue weighted by Gasteiger charge is -2.12. The Balaban J connectivity index is 1.84. The molecule has 0 aliphatic heterocycles. The third kappa shape index (κ3) is 5.07. The van der Waals surface area contributed by atoms with Crippen LogP contribution in [-0.4, -0.2) is 15.9 Å². The molecule has 152 valence electrons. The lowest BCUT2D eigenvalue weighted by atomic mass is 10.0. The van der Waals surface area contributed by atoms with E-state index in [-0.39, 0.29) is 17.2 Å². The summed E-state index contributed by atoms with van der Waals surface area (Å²) < 4.78 is 39.0. The van der Waals surface area contributed by atoms with E-state index in [1.807, 2.05) is 6.92 Å². The van der Waals surface area contributed by atoms with Gasteiger partial charge in [-0.15, -0.1) is 0 Å². The van der Waals surface area contributed by atoms with Crippen LogP contribution in [-0.2, 0) is 6.18 Å². The normalized spacial score (nSPS) is 10.8. The Morgan fingerprint density at radius 3 is 2.47 bits per heavy atom. The molecule has 0 aliphatic rings. The van der Waals surface area contributed by atoms with Crippen LogP contribution in [0.4, 0.5) is 24.8 Å². The van der Waals surface area contributed by atoms with E-state index in [2.05, 4.69) is 27.1 Å². The molecule has 1 aromatic heterocycles. The molecule has 30 heavy (non-hydrogen) atoms. The highest BCUT2D eigenvalue weighted by atomic mass is 35.5. The number of amides is 1. The minimum atomic E-state index is -4.63. The van der Waals surface area contributed by atoms with Gasteiger partial charge in [0, 0.05) is 29.2 Å². The lowest BCUT2D eigenvalue weighted by molar-refractivity contribution is -0.137. The van der Waals surface area contributed by atoms with Crippen LogP contribution < -0.4 is 11.1 Å². The maximum atomic E-state index is 13.0. The first-order valence-electron chi connectivity index (χ1n) is 8.52. The van der Waals surface area contributed by atoms with E-state index < -0.39 is 22.7 Å². The van der Waals surface area contributed by atoms with Gasteiger partial charge in [0.1, 0.15) is 0 Å². The van der Waals surface area contributed by atoms with Crippen LogP contribution in [0.1, 0.15) is 32.6 Å². The number of hydrogen-bond donors (Lipinski definition) is 2. The number of hydrogen-bond acceptors (Lipinski definition) is 4. The molecule has 3 aromatic rings. The van der Waals surface area contributed by atoms with Gasteiger partial charge in [0.25, 0.3) is 5.91 Å². The molecular weight excluding hydrogens is 417 g/mol. The van der Waals surface area contributed by atoms with Crippen molar-refractivity contribution >= 4 is 29.1 Å². The van der Waals surface area contributed by atoms with Gasteiger partial charge in [-0.25, -0.2) is 9.97 Å². The molecule has 0 spiro atoms. The van der Waals surface area contributed by atoms with Gasteiger partial charge in [-0.05, 0) is 42.8 Å². The van der Waals surface area contributed by atoms with Gasteiger partial charge in [-0.2, -0.15) is 13.2 Å². The predicted octanol–water partition coefficient (Wildman–Crippen LogP) is 4.69. The Bertz CT molecular complexity index is 1170. The fraction of sp³-hybridized carbons (Fsp3) is 0.0952. The maximum absolute atomic E-state index is 13.0. The summed E-state index contributed by atoms with van der Waals surface area (Å²) in [4.78, 5) is 20.2. The maximum Gasteiger partial charge on any atom is 0.417 e. The fourth-order valence-corrected chi connectivity index (χ4v) is 2.69. The number of nitrogens with one attached hydrogen (secondary N) is 1. The molecule has 2 aromatic carbocycles. The van der Waals surface area contributed by atoms with Crippen molar-refractivity contribution in [1.29, 1.82) is 0 Å². The average Bonchev–Trinajstić information content (AvgIpc) is 2.69. The van der Waals surface area contributed by atoms with Crippen LogP contribution >= 0.6 is 11.6 Å². The predicted molar refractivity (Wildman–Crippen MR) is 108 cm³/mol. The molecule has 0 atom stereocenters. The standard InChI is InChI=1S/C21H14ClF3N4O/c1-12-2-4-15(8-14(12)5-3-13-10-27-20(26)28-11-13)19(30)29-16-6-7-18(22)17(9-16)21(23,24)25/h2,4,6-11H,1H3,(H,29,30)(H2,26,27,28). The Morgan fingerprint density at radius 2 is 1.80 bits per heavy atom. The second-order valence-electron chi connectivity index (χ2n) is 6.26. The summed E-state index contributed by atoms with van der Waals surface area (Å²) in [6.07, 6.45) is -1.68. The first-order chi connectivity index (χ1) is 14.1. The van der Waals surface area contributed by atoms with Crippen molar-refractivity contribution in [2.75, 3.05) is 11.1 Å². The third-order valence-electron chi connectivity index (χ3n) is 4.04. The van der Waals surface area contributed by atoms with Crippen molar-refractivity contribution in [3.8, 4) is 11.8 Å². The molecule has 0 bridgehead atoms. The van der Waals surface area contributed by atoms with Gasteiger partial charge in [-0.1, -0.05) is 29.5 Å². The zero-order valence-corrected chi connectivity index (χ0v) is 16.3. The van der Waals surface area contributed by atoms with E-state index in [1.165, 1.54) is 18.5 Å². The largest absolute Gasteiger partial charge is 0.417 e. The monoisotopic (exact) mass is 430 g/mol. The van der Waals surface area contributed by atoms with Crippen LogP contribution in [0.2, 0.25) is 5.02 Å². The topological polar surface area (TPSA) is 80.9 Å². The van der Waals surface area contributed by atoms with Gasteiger partial charge in [0.05, 0.1) is 16.1 Å². The molecule has 0 fully saturated rings. The number of alkyl halides is 3. The number of carbonyl (C=O) groups excluding carboxylic acids is 1. The summed E-state index contributed by atoms with van der Waals surface area (Å²) >= 11 is 5.60. The molecule has 0 unspecified atom stereocenters. The SMILES string of the molecule is Cc1ccc(C(=O)Nc2ccc(Cl)c(C(F)(F)F)c2)cc1C#Cc1cnc(N)nc1. The van der Waals surface area contributed by atoms with Crippen LogP contribution in [0.15, 0.2) is 48.8 Å². The molecule has 9 heteroatoms. The molecule has 5 nitrogen and oxygen atoms in total. The van der Waals surface area contributed by atoms with E-state index >= 15 is 0 Å². The van der Waals surface area contributed by atoms with Crippen molar-refractivity contribution in [1.82, 2.24) is 9.97 Å². The molecule has 1 amide bonds. The number of aryl methyl sites for hydroxylation is 1. The molecule has 1 heterocycles. The van der Waals surface area contributed by atoms with Crippen molar-refractivity contribution < 1.29 is 18.0 Å². The van der Waals surface area contributed by atoms with Crippen LogP contribution in [0.25, 0.3) is 0 Å². The van der Waals surface area contributed by atoms with E-state index in [9.17, 15) is 18.0 Å². The van der Waals surface area contributed by atoms with Gasteiger partial charge in [0.2, 0.25) is 5.95 Å². The van der Waals surface area contributed by atoms with Crippen LogP contribution in [0.5, 0.6) is 0 Å². The highest BCUT2D eigenvalue weighted by molar-refractivity contribution is 6.31. The van der Waals surface area contributed by atoms with E-state index in [0.29, 0.717) is 11.1 Å². The molecule has 3 rings (SSSR count). The molecule has 0 saturated carbocycles. The second kappa shape index (κ2) is 8.43. The summed E-state index contributed by atoms with van der Waals surface area (Å²) in [6, 6.07) is 7.98. The van der Waals surface area contributed by atoms with Crippen molar-refractivity contribution in [2.45, 2.75) is 13.1 Å². The fourth-order valence-electron chi connectivity index (χ4n) is 2.46. The van der Waals surface area contributed by atoms with Crippen molar-refractivity contribution in [3.63, 3.8) is 0 Å². The Labute approximate surface area is 175 Å². The Hall–Kier alpha value is -3.57. The second-order valence-corrected chi connectivity index (χ2v) is 6.66. The summed E-state index contributed by atoms with van der Waals surface area (Å²) in [6.45, 7) is 1.82. The first-order valence-corrected chi connectivity index (χ1v) is 8.89. The highest BCUT2D eigenvalue weighted by Gasteiger charge is 2.33. The number of nitrogen functional groups attached to an aromatic ring is 1. The summed E-state index contributed by atoms with van der Waals surface area (Å²) in [5, 5.41) is 2.00. The number of nitrogens with two attached hydrogens (primary N) is 1. The van der Waals surface area contributed by atoms with Crippen molar-refractivity contribution in [2.24, 2.45) is 0 Å². The summed E-state index contributed by atoms with van der Waals surface area (Å²) in [7, 11) is 0. The van der Waals surface area contributed by atoms with Crippen LogP contribution in [0, 0.1) is 18.8 Å². The number of carbonyl (C=O) groups is 1. The number of rotatable bonds is 2. The summed E-state index contributed by atoms with van der Waals surface area (Å²) in [5.41, 5.74) is 6.56. The average molecular weight is 431 g/mol. The zero-order chi connectivity index (χ0) is 21.9. The minimum absolute atomic E-state index is 0.0241. The zero-order valence-electron chi connectivity index (χ0n) is 15.5. The third-order valence-corrected chi connectivity index (χ3v) is 4.37. The van der Waals surface area contributed by atoms with Crippen LogP contribution in [0.3, 0.4) is 0 Å². The molecule has 0 saturated heterocycles. The molecule has 0 aliphatic carbocycles. The number of benzene rings is 2. The highest BCUT2D eigenvalue weighted by Crippen LogP contribution is 2.36. The number of anilines is 2. The van der Waals surface area contributed by atoms with Gasteiger partial charge in [-0.3, -0.25) is 4.79 Å². The first kappa shape index (κ1) is 21.1. The van der Waals surface area contributed by atoms with Gasteiger partial charge < -0.3 is 11.1 Å². The number of halogens is 4.